The van der Waals surface area contributed by atoms with Crippen molar-refractivity contribution < 1.29 is 4.79 Å². The lowest BCUT2D eigenvalue weighted by Crippen LogP contribution is -2.16. The van der Waals surface area contributed by atoms with Crippen LogP contribution in [0.4, 0.5) is 0 Å². The van der Waals surface area contributed by atoms with Crippen LogP contribution < -0.4 is 5.56 Å². The zero-order chi connectivity index (χ0) is 19.3. The molecule has 0 atom stereocenters. The number of ketones is 1. The van der Waals surface area contributed by atoms with Gasteiger partial charge in [0.25, 0.3) is 5.56 Å². The Balaban J connectivity index is 1.81. The molecule has 0 N–H and O–H groups in total. The van der Waals surface area contributed by atoms with Crippen molar-refractivity contribution in [3.8, 4) is 11.1 Å². The Bertz CT molecular complexity index is 1740. The molecule has 1 aliphatic carbocycles. The quantitative estimate of drug-likeness (QED) is 0.384. The van der Waals surface area contributed by atoms with Gasteiger partial charge in [0.2, 0.25) is 0 Å². The zero-order valence-corrected chi connectivity index (χ0v) is 15.1. The van der Waals surface area contributed by atoms with Crippen LogP contribution in [-0.4, -0.2) is 15.2 Å². The summed E-state index contributed by atoms with van der Waals surface area (Å²) >= 11 is 0. The monoisotopic (exact) mass is 372 g/mol. The van der Waals surface area contributed by atoms with Crippen LogP contribution in [0.25, 0.3) is 49.4 Å². The Kier molecular flexibility index (Phi) is 2.50. The lowest BCUT2D eigenvalue weighted by Gasteiger charge is -2.21. The SMILES string of the molecule is O=C1c2ccccc2-c2ccc3c4c2c1ccc4c(=O)n1c2ccccc2nc31. The van der Waals surface area contributed by atoms with Gasteiger partial charge in [0.05, 0.1) is 11.0 Å². The van der Waals surface area contributed by atoms with Gasteiger partial charge in [0.15, 0.2) is 5.78 Å². The number of para-hydroxylation sites is 2. The van der Waals surface area contributed by atoms with Gasteiger partial charge in [-0.25, -0.2) is 4.98 Å². The summed E-state index contributed by atoms with van der Waals surface area (Å²) in [5.74, 6) is 0.00308. The molecule has 4 aromatic carbocycles. The van der Waals surface area contributed by atoms with E-state index in [2.05, 4.69) is 6.07 Å². The van der Waals surface area contributed by atoms with Gasteiger partial charge < -0.3 is 0 Å². The van der Waals surface area contributed by atoms with E-state index < -0.39 is 0 Å². The minimum absolute atomic E-state index is 0.00308. The van der Waals surface area contributed by atoms with E-state index in [9.17, 15) is 9.59 Å². The van der Waals surface area contributed by atoms with Crippen LogP contribution in [0.3, 0.4) is 0 Å². The number of hydrogen-bond acceptors (Lipinski definition) is 3. The Hall–Kier alpha value is -4.05. The summed E-state index contributed by atoms with van der Waals surface area (Å²) in [6, 6.07) is 23.0. The van der Waals surface area contributed by atoms with E-state index in [-0.39, 0.29) is 11.3 Å². The van der Waals surface area contributed by atoms with Gasteiger partial charge in [0.1, 0.15) is 5.65 Å². The van der Waals surface area contributed by atoms with Crippen LogP contribution in [-0.2, 0) is 0 Å². The molecular weight excluding hydrogens is 360 g/mol. The maximum Gasteiger partial charge on any atom is 0.264 e. The molecule has 0 saturated carbocycles. The van der Waals surface area contributed by atoms with Crippen molar-refractivity contribution in [3.05, 3.63) is 94.3 Å². The summed E-state index contributed by atoms with van der Waals surface area (Å²) in [5, 5.41) is 3.19. The van der Waals surface area contributed by atoms with Crippen molar-refractivity contribution in [2.75, 3.05) is 0 Å². The lowest BCUT2D eigenvalue weighted by atomic mass is 9.81. The van der Waals surface area contributed by atoms with Gasteiger partial charge in [-0.1, -0.05) is 42.5 Å². The predicted octanol–water partition coefficient (Wildman–Crippen LogP) is 4.80. The Labute approximate surface area is 164 Å². The fourth-order valence-corrected chi connectivity index (χ4v) is 4.87. The largest absolute Gasteiger partial charge is 0.289 e. The van der Waals surface area contributed by atoms with Crippen molar-refractivity contribution in [2.45, 2.75) is 0 Å². The topological polar surface area (TPSA) is 51.4 Å². The molecule has 7 rings (SSSR count). The fourth-order valence-electron chi connectivity index (χ4n) is 4.87. The molecule has 29 heavy (non-hydrogen) atoms. The molecule has 134 valence electrons. The van der Waals surface area contributed by atoms with Gasteiger partial charge in [-0.05, 0) is 41.5 Å². The number of hydrogen-bond donors (Lipinski definition) is 0. The van der Waals surface area contributed by atoms with E-state index in [0.717, 1.165) is 38.3 Å². The second-order valence-corrected chi connectivity index (χ2v) is 7.51. The first-order chi connectivity index (χ1) is 14.2. The number of imidazole rings is 1. The first kappa shape index (κ1) is 14.9. The molecule has 0 unspecified atom stereocenters. The summed E-state index contributed by atoms with van der Waals surface area (Å²) in [6.45, 7) is 0. The lowest BCUT2D eigenvalue weighted by molar-refractivity contribution is 0.104. The Morgan fingerprint density at radius 2 is 1.34 bits per heavy atom. The number of carbonyl (C=O) groups excluding carboxylic acids is 1. The van der Waals surface area contributed by atoms with Crippen LogP contribution in [0.2, 0.25) is 0 Å². The standard InChI is InChI=1S/C25H12N2O2/c28-23-15-6-2-1-5-13(15)14-9-11-17-22-18(12-10-16(23)21(14)22)25(29)27-20-8-4-3-7-19(20)26-24(17)27/h1-12H. The third kappa shape index (κ3) is 1.64. The third-order valence-corrected chi connectivity index (χ3v) is 6.10. The minimum Gasteiger partial charge on any atom is -0.289 e. The van der Waals surface area contributed by atoms with E-state index in [1.54, 1.807) is 16.5 Å². The summed E-state index contributed by atoms with van der Waals surface area (Å²) < 4.78 is 1.69. The summed E-state index contributed by atoms with van der Waals surface area (Å²) in [6.07, 6.45) is 0. The van der Waals surface area contributed by atoms with Crippen molar-refractivity contribution >= 4 is 44.0 Å². The molecule has 6 aromatic rings. The highest BCUT2D eigenvalue weighted by Gasteiger charge is 2.27. The van der Waals surface area contributed by atoms with Crippen LogP contribution in [0.15, 0.2) is 77.6 Å². The Morgan fingerprint density at radius 1 is 0.621 bits per heavy atom. The van der Waals surface area contributed by atoms with E-state index >= 15 is 0 Å². The number of nitrogens with zero attached hydrogens (tertiary/aromatic N) is 2. The fraction of sp³-hybridized carbons (Fsp3) is 0. The molecule has 0 bridgehead atoms. The van der Waals surface area contributed by atoms with Crippen LogP contribution in [0.5, 0.6) is 0 Å². The number of fused-ring (bicyclic) bond motifs is 6. The molecule has 0 spiro atoms. The summed E-state index contributed by atoms with van der Waals surface area (Å²) in [5.41, 5.74) is 5.39. The van der Waals surface area contributed by atoms with Crippen molar-refractivity contribution in [1.82, 2.24) is 9.38 Å². The number of rotatable bonds is 0. The van der Waals surface area contributed by atoms with E-state index in [0.29, 0.717) is 22.2 Å². The van der Waals surface area contributed by atoms with Gasteiger partial charge in [-0.3, -0.25) is 14.0 Å². The molecule has 0 saturated heterocycles. The molecule has 4 nitrogen and oxygen atoms in total. The average molecular weight is 372 g/mol. The highest BCUT2D eigenvalue weighted by Crippen LogP contribution is 2.43. The highest BCUT2D eigenvalue weighted by atomic mass is 16.1. The van der Waals surface area contributed by atoms with E-state index in [1.165, 1.54) is 0 Å². The van der Waals surface area contributed by atoms with Crippen molar-refractivity contribution in [1.29, 1.82) is 0 Å². The minimum atomic E-state index is -0.101. The zero-order valence-electron chi connectivity index (χ0n) is 15.1. The molecule has 0 amide bonds. The van der Waals surface area contributed by atoms with Crippen LogP contribution >= 0.6 is 0 Å². The normalized spacial score (nSPS) is 13.0. The molecule has 2 aromatic heterocycles. The average Bonchev–Trinajstić information content (AvgIpc) is 3.16. The van der Waals surface area contributed by atoms with E-state index in [1.807, 2.05) is 54.6 Å². The van der Waals surface area contributed by atoms with Gasteiger partial charge in [-0.15, -0.1) is 0 Å². The molecular formula is C25H12N2O2. The first-order valence-corrected chi connectivity index (χ1v) is 9.50. The molecule has 1 aliphatic rings. The predicted molar refractivity (Wildman–Crippen MR) is 114 cm³/mol. The first-order valence-electron chi connectivity index (χ1n) is 9.50. The van der Waals surface area contributed by atoms with Crippen molar-refractivity contribution in [2.24, 2.45) is 0 Å². The summed E-state index contributed by atoms with van der Waals surface area (Å²) in [7, 11) is 0. The molecule has 0 aliphatic heterocycles. The number of pyridine rings is 1. The maximum atomic E-state index is 13.5. The van der Waals surface area contributed by atoms with Crippen molar-refractivity contribution in [3.63, 3.8) is 0 Å². The third-order valence-electron chi connectivity index (χ3n) is 6.10. The van der Waals surface area contributed by atoms with E-state index in [4.69, 9.17) is 4.98 Å². The number of benzene rings is 4. The second kappa shape index (κ2) is 4.86. The van der Waals surface area contributed by atoms with Gasteiger partial charge >= 0.3 is 0 Å². The second-order valence-electron chi connectivity index (χ2n) is 7.51. The maximum absolute atomic E-state index is 13.5. The highest BCUT2D eigenvalue weighted by molar-refractivity contribution is 6.31. The van der Waals surface area contributed by atoms with Gasteiger partial charge in [-0.2, -0.15) is 0 Å². The van der Waals surface area contributed by atoms with Crippen LogP contribution in [0, 0.1) is 0 Å². The molecule has 0 fully saturated rings. The number of carbonyl (C=O) groups is 1. The van der Waals surface area contributed by atoms with Gasteiger partial charge in [0, 0.05) is 32.7 Å². The smallest absolute Gasteiger partial charge is 0.264 e. The Morgan fingerprint density at radius 3 is 2.24 bits per heavy atom. The van der Waals surface area contributed by atoms with Crippen LogP contribution in [0.1, 0.15) is 15.9 Å². The molecule has 4 heteroatoms. The molecule has 0 radical (unpaired) electrons. The summed E-state index contributed by atoms with van der Waals surface area (Å²) in [4.78, 5) is 31.4. The molecule has 2 heterocycles. The number of aromatic nitrogens is 2.